The maximum Gasteiger partial charge on any atom is 0.259 e. The van der Waals surface area contributed by atoms with E-state index < -0.39 is 0 Å². The third-order valence-corrected chi connectivity index (χ3v) is 6.52. The third-order valence-electron chi connectivity index (χ3n) is 6.52. The van der Waals surface area contributed by atoms with Gasteiger partial charge in [-0.2, -0.15) is 0 Å². The van der Waals surface area contributed by atoms with E-state index in [-0.39, 0.29) is 17.4 Å². The summed E-state index contributed by atoms with van der Waals surface area (Å²) < 4.78 is 1.74. The van der Waals surface area contributed by atoms with Crippen molar-refractivity contribution in [3.8, 4) is 5.75 Å². The lowest BCUT2D eigenvalue weighted by molar-refractivity contribution is 0.148. The van der Waals surface area contributed by atoms with Crippen LogP contribution in [0.2, 0.25) is 0 Å². The number of aromatic nitrogens is 2. The summed E-state index contributed by atoms with van der Waals surface area (Å²) in [6.45, 7) is 6.20. The number of nitrogens with zero attached hydrogens (tertiary/aromatic N) is 3. The standard InChI is InChI=1S/C26H31N3O2/c1-3-29-19(2)17-23(30)24(26(29)31)25(22-9-13-27-14-10-22)28-15-11-21(12-16-28)18-20-7-5-4-6-8-20/h4-10,13-14,17,21,25,30H,3,11-12,15-16,18H2,1-2H3/t25-/m1/s1. The molecule has 0 aliphatic carbocycles. The van der Waals surface area contributed by atoms with E-state index >= 15 is 0 Å². The van der Waals surface area contributed by atoms with E-state index in [4.69, 9.17) is 0 Å². The first kappa shape index (κ1) is 21.3. The van der Waals surface area contributed by atoms with Gasteiger partial charge in [0.25, 0.3) is 5.56 Å². The fourth-order valence-electron chi connectivity index (χ4n) is 4.89. The number of hydrogen-bond donors (Lipinski definition) is 1. The lowest BCUT2D eigenvalue weighted by atomic mass is 9.88. The van der Waals surface area contributed by atoms with Crippen LogP contribution in [0.1, 0.15) is 48.2 Å². The molecule has 1 aromatic carbocycles. The molecule has 162 valence electrons. The molecule has 1 saturated heterocycles. The zero-order valence-corrected chi connectivity index (χ0v) is 18.4. The van der Waals surface area contributed by atoms with E-state index in [1.165, 1.54) is 5.56 Å². The van der Waals surface area contributed by atoms with Gasteiger partial charge in [0, 0.05) is 24.6 Å². The van der Waals surface area contributed by atoms with Gasteiger partial charge in [-0.25, -0.2) is 0 Å². The second-order valence-corrected chi connectivity index (χ2v) is 8.49. The zero-order chi connectivity index (χ0) is 21.8. The summed E-state index contributed by atoms with van der Waals surface area (Å²) in [6, 6.07) is 16.0. The Labute approximate surface area is 184 Å². The Bertz CT molecular complexity index is 1060. The molecule has 1 N–H and O–H groups in total. The van der Waals surface area contributed by atoms with Crippen LogP contribution in [0.25, 0.3) is 0 Å². The average molecular weight is 418 g/mol. The normalized spacial score (nSPS) is 16.3. The molecule has 0 bridgehead atoms. The van der Waals surface area contributed by atoms with Crippen LogP contribution in [0.4, 0.5) is 0 Å². The highest BCUT2D eigenvalue weighted by Gasteiger charge is 2.31. The van der Waals surface area contributed by atoms with Gasteiger partial charge in [-0.05, 0) is 81.4 Å². The SMILES string of the molecule is CCn1c(C)cc(O)c([C@@H](c2ccncc2)N2CCC(Cc3ccccc3)CC2)c1=O. The number of pyridine rings is 2. The minimum absolute atomic E-state index is 0.0837. The second-order valence-electron chi connectivity index (χ2n) is 8.49. The fourth-order valence-corrected chi connectivity index (χ4v) is 4.89. The van der Waals surface area contributed by atoms with Crippen molar-refractivity contribution < 1.29 is 5.11 Å². The quantitative estimate of drug-likeness (QED) is 0.649. The van der Waals surface area contributed by atoms with Crippen LogP contribution in [-0.2, 0) is 13.0 Å². The molecule has 0 unspecified atom stereocenters. The molecular formula is C26H31N3O2. The number of piperidine rings is 1. The van der Waals surface area contributed by atoms with Crippen molar-refractivity contribution in [1.29, 1.82) is 0 Å². The number of likely N-dealkylation sites (tertiary alicyclic amines) is 1. The van der Waals surface area contributed by atoms with E-state index in [1.54, 1.807) is 23.0 Å². The molecule has 3 aromatic rings. The number of aromatic hydroxyl groups is 1. The van der Waals surface area contributed by atoms with Crippen LogP contribution in [0, 0.1) is 12.8 Å². The van der Waals surface area contributed by atoms with Crippen molar-refractivity contribution in [3.63, 3.8) is 0 Å². The Hall–Kier alpha value is -2.92. The van der Waals surface area contributed by atoms with Gasteiger partial charge in [-0.3, -0.25) is 14.7 Å². The minimum Gasteiger partial charge on any atom is -0.507 e. The number of benzene rings is 1. The molecule has 5 nitrogen and oxygen atoms in total. The number of rotatable bonds is 6. The van der Waals surface area contributed by atoms with Crippen molar-refractivity contribution in [2.45, 2.75) is 45.7 Å². The Morgan fingerprint density at radius 3 is 2.42 bits per heavy atom. The molecule has 4 rings (SSSR count). The number of hydrogen-bond acceptors (Lipinski definition) is 4. The summed E-state index contributed by atoms with van der Waals surface area (Å²) in [6.07, 6.45) is 6.76. The van der Waals surface area contributed by atoms with Crippen LogP contribution in [0.3, 0.4) is 0 Å². The van der Waals surface area contributed by atoms with Crippen LogP contribution >= 0.6 is 0 Å². The Balaban J connectivity index is 1.63. The Morgan fingerprint density at radius 2 is 1.77 bits per heavy atom. The van der Waals surface area contributed by atoms with Gasteiger partial charge in [0.05, 0.1) is 11.6 Å². The van der Waals surface area contributed by atoms with E-state index in [0.29, 0.717) is 18.0 Å². The summed E-state index contributed by atoms with van der Waals surface area (Å²) in [4.78, 5) is 19.9. The minimum atomic E-state index is -0.272. The summed E-state index contributed by atoms with van der Waals surface area (Å²) in [5.41, 5.74) is 3.53. The Morgan fingerprint density at radius 1 is 1.10 bits per heavy atom. The largest absolute Gasteiger partial charge is 0.507 e. The monoisotopic (exact) mass is 417 g/mol. The van der Waals surface area contributed by atoms with E-state index in [1.807, 2.05) is 26.0 Å². The molecule has 1 aliphatic rings. The van der Waals surface area contributed by atoms with E-state index in [9.17, 15) is 9.90 Å². The summed E-state index contributed by atoms with van der Waals surface area (Å²) in [7, 11) is 0. The van der Waals surface area contributed by atoms with Gasteiger partial charge in [-0.15, -0.1) is 0 Å². The van der Waals surface area contributed by atoms with Crippen LogP contribution in [0.5, 0.6) is 5.75 Å². The van der Waals surface area contributed by atoms with E-state index in [2.05, 4.69) is 40.2 Å². The first-order valence-electron chi connectivity index (χ1n) is 11.2. The smallest absolute Gasteiger partial charge is 0.259 e. The molecule has 1 fully saturated rings. The van der Waals surface area contributed by atoms with Crippen molar-refractivity contribution in [2.75, 3.05) is 13.1 Å². The van der Waals surface area contributed by atoms with Crippen molar-refractivity contribution >= 4 is 0 Å². The molecule has 31 heavy (non-hydrogen) atoms. The van der Waals surface area contributed by atoms with Gasteiger partial charge in [0.1, 0.15) is 5.75 Å². The van der Waals surface area contributed by atoms with E-state index in [0.717, 1.165) is 43.6 Å². The van der Waals surface area contributed by atoms with Crippen molar-refractivity contribution in [3.05, 3.63) is 93.7 Å². The molecule has 2 aromatic heterocycles. The Kier molecular flexibility index (Phi) is 6.52. The lowest BCUT2D eigenvalue weighted by Gasteiger charge is -2.38. The van der Waals surface area contributed by atoms with Crippen LogP contribution in [-0.4, -0.2) is 32.6 Å². The summed E-state index contributed by atoms with van der Waals surface area (Å²) >= 11 is 0. The molecule has 1 aliphatic heterocycles. The highest BCUT2D eigenvalue weighted by molar-refractivity contribution is 5.40. The van der Waals surface area contributed by atoms with Crippen LogP contribution in [0.15, 0.2) is 65.7 Å². The first-order valence-corrected chi connectivity index (χ1v) is 11.2. The first-order chi connectivity index (χ1) is 15.1. The molecule has 5 heteroatoms. The van der Waals surface area contributed by atoms with Crippen LogP contribution < -0.4 is 5.56 Å². The van der Waals surface area contributed by atoms with Gasteiger partial charge in [-0.1, -0.05) is 30.3 Å². The molecule has 3 heterocycles. The maximum absolute atomic E-state index is 13.4. The topological polar surface area (TPSA) is 58.4 Å². The zero-order valence-electron chi connectivity index (χ0n) is 18.4. The highest BCUT2D eigenvalue weighted by Crippen LogP contribution is 2.35. The maximum atomic E-state index is 13.4. The average Bonchev–Trinajstić information content (AvgIpc) is 2.79. The van der Waals surface area contributed by atoms with Crippen molar-refractivity contribution in [1.82, 2.24) is 14.5 Å². The van der Waals surface area contributed by atoms with Gasteiger partial charge < -0.3 is 9.67 Å². The highest BCUT2D eigenvalue weighted by atomic mass is 16.3. The van der Waals surface area contributed by atoms with Gasteiger partial charge in [0.15, 0.2) is 0 Å². The summed E-state index contributed by atoms with van der Waals surface area (Å²) in [5, 5.41) is 10.8. The summed E-state index contributed by atoms with van der Waals surface area (Å²) in [5.74, 6) is 0.719. The molecule has 0 radical (unpaired) electrons. The predicted octanol–water partition coefficient (Wildman–Crippen LogP) is 4.32. The van der Waals surface area contributed by atoms with Gasteiger partial charge >= 0.3 is 0 Å². The molecule has 1 atom stereocenters. The second kappa shape index (κ2) is 9.48. The lowest BCUT2D eigenvalue weighted by Crippen LogP contribution is -2.40. The fraction of sp³-hybridized carbons (Fsp3) is 0.385. The van der Waals surface area contributed by atoms with Crippen molar-refractivity contribution in [2.24, 2.45) is 5.92 Å². The number of aryl methyl sites for hydroxylation is 1. The third kappa shape index (κ3) is 4.57. The molecule has 0 saturated carbocycles. The molecule has 0 amide bonds. The predicted molar refractivity (Wildman–Crippen MR) is 123 cm³/mol. The molecule has 0 spiro atoms. The van der Waals surface area contributed by atoms with Gasteiger partial charge in [0.2, 0.25) is 0 Å². The molecular weight excluding hydrogens is 386 g/mol.